The number of benzene rings is 1. The number of carbonyl (C=O) groups is 1. The highest BCUT2D eigenvalue weighted by Crippen LogP contribution is 2.25. The number of hydrogen-bond donors (Lipinski definition) is 2. The number of carbonyl (C=O) groups excluding carboxylic acids is 1. The van der Waals surface area contributed by atoms with E-state index in [0.717, 1.165) is 17.3 Å². The van der Waals surface area contributed by atoms with Crippen molar-refractivity contribution in [3.8, 4) is 5.75 Å². The van der Waals surface area contributed by atoms with Crippen molar-refractivity contribution in [1.82, 2.24) is 14.9 Å². The van der Waals surface area contributed by atoms with E-state index in [4.69, 9.17) is 4.74 Å². The van der Waals surface area contributed by atoms with Crippen LogP contribution in [-0.4, -0.2) is 27.9 Å². The Morgan fingerprint density at radius 3 is 2.83 bits per heavy atom. The zero-order valence-electron chi connectivity index (χ0n) is 14.5. The van der Waals surface area contributed by atoms with Gasteiger partial charge in [0, 0.05) is 7.05 Å². The van der Waals surface area contributed by atoms with Crippen molar-refractivity contribution in [3.05, 3.63) is 36.2 Å². The Labute approximate surface area is 147 Å². The van der Waals surface area contributed by atoms with Gasteiger partial charge in [-0.05, 0) is 31.7 Å². The van der Waals surface area contributed by atoms with Crippen molar-refractivity contribution in [3.63, 3.8) is 0 Å². The average Bonchev–Trinajstić information content (AvgIpc) is 2.94. The standard InChI is InChI=1S/C17H24N4O2S/c1-5-12(2)23-15-9-7-6-8-14(15)20-16(22)18-10-13-11-19-17(24-4)21(13)3/h6-9,11-12H,5,10H2,1-4H3,(H2,18,20,22). The molecule has 1 unspecified atom stereocenters. The van der Waals surface area contributed by atoms with Crippen LogP contribution < -0.4 is 15.4 Å². The van der Waals surface area contributed by atoms with Gasteiger partial charge in [-0.25, -0.2) is 9.78 Å². The highest BCUT2D eigenvalue weighted by molar-refractivity contribution is 7.98. The molecule has 0 aliphatic heterocycles. The number of aromatic nitrogens is 2. The van der Waals surface area contributed by atoms with Gasteiger partial charge in [0.2, 0.25) is 0 Å². The fourth-order valence-electron chi connectivity index (χ4n) is 2.09. The largest absolute Gasteiger partial charge is 0.489 e. The normalized spacial score (nSPS) is 11.8. The smallest absolute Gasteiger partial charge is 0.319 e. The average molecular weight is 348 g/mol. The number of rotatable bonds is 7. The molecule has 7 heteroatoms. The summed E-state index contributed by atoms with van der Waals surface area (Å²) in [6, 6.07) is 7.16. The van der Waals surface area contributed by atoms with E-state index in [-0.39, 0.29) is 12.1 Å². The van der Waals surface area contributed by atoms with Gasteiger partial charge in [0.25, 0.3) is 0 Å². The van der Waals surface area contributed by atoms with Crippen LogP contribution in [0.15, 0.2) is 35.6 Å². The summed E-state index contributed by atoms with van der Waals surface area (Å²) in [5.74, 6) is 0.673. The summed E-state index contributed by atoms with van der Waals surface area (Å²) in [6.45, 7) is 4.47. The summed E-state index contributed by atoms with van der Waals surface area (Å²) >= 11 is 1.57. The number of ether oxygens (including phenoxy) is 1. The maximum absolute atomic E-state index is 12.2. The maximum atomic E-state index is 12.2. The Balaban J connectivity index is 1.96. The molecule has 0 aliphatic carbocycles. The molecule has 0 saturated heterocycles. The van der Waals surface area contributed by atoms with Gasteiger partial charge in [0.05, 0.1) is 30.2 Å². The van der Waals surface area contributed by atoms with Gasteiger partial charge in [0.1, 0.15) is 5.75 Å². The SMILES string of the molecule is CCC(C)Oc1ccccc1NC(=O)NCc1cnc(SC)n1C. The van der Waals surface area contributed by atoms with Crippen molar-refractivity contribution < 1.29 is 9.53 Å². The van der Waals surface area contributed by atoms with Gasteiger partial charge < -0.3 is 19.9 Å². The predicted octanol–water partition coefficient (Wildman–Crippen LogP) is 3.64. The van der Waals surface area contributed by atoms with E-state index < -0.39 is 0 Å². The minimum Gasteiger partial charge on any atom is -0.489 e. The van der Waals surface area contributed by atoms with Crippen LogP contribution in [0.25, 0.3) is 0 Å². The molecule has 2 rings (SSSR count). The van der Waals surface area contributed by atoms with Crippen LogP contribution in [0, 0.1) is 0 Å². The lowest BCUT2D eigenvalue weighted by atomic mass is 10.2. The first-order chi connectivity index (χ1) is 11.5. The molecule has 0 spiro atoms. The topological polar surface area (TPSA) is 68.2 Å². The third kappa shape index (κ3) is 4.67. The van der Waals surface area contributed by atoms with Crippen LogP contribution in [0.4, 0.5) is 10.5 Å². The lowest BCUT2D eigenvalue weighted by Crippen LogP contribution is -2.29. The van der Waals surface area contributed by atoms with Crippen LogP contribution in [0.2, 0.25) is 0 Å². The molecule has 0 radical (unpaired) electrons. The summed E-state index contributed by atoms with van der Waals surface area (Å²) in [6.07, 6.45) is 4.74. The molecule has 2 N–H and O–H groups in total. The molecule has 2 aromatic rings. The third-order valence-corrected chi connectivity index (χ3v) is 4.44. The van der Waals surface area contributed by atoms with Crippen molar-refractivity contribution in [1.29, 1.82) is 0 Å². The molecule has 1 aromatic heterocycles. The first-order valence-electron chi connectivity index (χ1n) is 7.90. The van der Waals surface area contributed by atoms with Crippen molar-refractivity contribution in [2.24, 2.45) is 7.05 Å². The Bertz CT molecular complexity index is 687. The second-order valence-electron chi connectivity index (χ2n) is 5.44. The number of para-hydroxylation sites is 2. The molecule has 24 heavy (non-hydrogen) atoms. The van der Waals surface area contributed by atoms with Gasteiger partial charge in [-0.1, -0.05) is 30.8 Å². The summed E-state index contributed by atoms with van der Waals surface area (Å²) in [7, 11) is 1.93. The molecule has 2 amide bonds. The van der Waals surface area contributed by atoms with E-state index >= 15 is 0 Å². The monoisotopic (exact) mass is 348 g/mol. The van der Waals surface area contributed by atoms with Crippen LogP contribution in [0.1, 0.15) is 26.0 Å². The number of nitrogens with one attached hydrogen (secondary N) is 2. The van der Waals surface area contributed by atoms with E-state index in [0.29, 0.717) is 18.0 Å². The zero-order valence-corrected chi connectivity index (χ0v) is 15.3. The summed E-state index contributed by atoms with van der Waals surface area (Å²) in [5, 5.41) is 6.60. The second kappa shape index (κ2) is 8.63. The summed E-state index contributed by atoms with van der Waals surface area (Å²) in [4.78, 5) is 16.5. The van der Waals surface area contributed by atoms with E-state index in [2.05, 4.69) is 22.5 Å². The minimum atomic E-state index is -0.276. The van der Waals surface area contributed by atoms with Gasteiger partial charge in [-0.3, -0.25) is 0 Å². The molecule has 0 aliphatic rings. The van der Waals surface area contributed by atoms with Crippen molar-refractivity contribution in [2.45, 2.75) is 38.1 Å². The zero-order chi connectivity index (χ0) is 17.5. The summed E-state index contributed by atoms with van der Waals surface area (Å²) in [5.41, 5.74) is 1.60. The van der Waals surface area contributed by atoms with Gasteiger partial charge in [0.15, 0.2) is 5.16 Å². The molecule has 0 bridgehead atoms. The molecule has 0 fully saturated rings. The molecular weight excluding hydrogens is 324 g/mol. The number of nitrogens with zero attached hydrogens (tertiary/aromatic N) is 2. The third-order valence-electron chi connectivity index (χ3n) is 3.69. The molecule has 1 atom stereocenters. The van der Waals surface area contributed by atoms with E-state index in [1.165, 1.54) is 0 Å². The van der Waals surface area contributed by atoms with Gasteiger partial charge >= 0.3 is 6.03 Å². The van der Waals surface area contributed by atoms with E-state index in [1.807, 2.05) is 49.1 Å². The molecule has 130 valence electrons. The van der Waals surface area contributed by atoms with Gasteiger partial charge in [-0.2, -0.15) is 0 Å². The van der Waals surface area contributed by atoms with Crippen LogP contribution in [0.3, 0.4) is 0 Å². The van der Waals surface area contributed by atoms with Crippen LogP contribution in [0.5, 0.6) is 5.75 Å². The maximum Gasteiger partial charge on any atom is 0.319 e. The first kappa shape index (κ1) is 18.2. The highest BCUT2D eigenvalue weighted by atomic mass is 32.2. The second-order valence-corrected chi connectivity index (χ2v) is 6.21. The first-order valence-corrected chi connectivity index (χ1v) is 9.12. The number of amides is 2. The molecule has 0 saturated carbocycles. The fourth-order valence-corrected chi connectivity index (χ4v) is 2.64. The highest BCUT2D eigenvalue weighted by Gasteiger charge is 2.11. The summed E-state index contributed by atoms with van der Waals surface area (Å²) < 4.78 is 7.80. The van der Waals surface area contributed by atoms with Gasteiger partial charge in [-0.15, -0.1) is 0 Å². The number of hydrogen-bond acceptors (Lipinski definition) is 4. The van der Waals surface area contributed by atoms with E-state index in [9.17, 15) is 4.79 Å². The number of urea groups is 1. The van der Waals surface area contributed by atoms with E-state index in [1.54, 1.807) is 18.0 Å². The van der Waals surface area contributed by atoms with Crippen molar-refractivity contribution in [2.75, 3.05) is 11.6 Å². The molecule has 6 nitrogen and oxygen atoms in total. The molecule has 1 heterocycles. The van der Waals surface area contributed by atoms with Crippen molar-refractivity contribution >= 4 is 23.5 Å². The lowest BCUT2D eigenvalue weighted by Gasteiger charge is -2.16. The number of thioether (sulfide) groups is 1. The Kier molecular flexibility index (Phi) is 6.54. The van der Waals surface area contributed by atoms with Crippen LogP contribution in [-0.2, 0) is 13.6 Å². The predicted molar refractivity (Wildman–Crippen MR) is 97.7 cm³/mol. The Hall–Kier alpha value is -2.15. The molecular formula is C17H24N4O2S. The number of anilines is 1. The van der Waals surface area contributed by atoms with Crippen LogP contribution >= 0.6 is 11.8 Å². The number of imidazole rings is 1. The Morgan fingerprint density at radius 1 is 1.42 bits per heavy atom. The molecule has 1 aromatic carbocycles. The fraction of sp³-hybridized carbons (Fsp3) is 0.412. The quantitative estimate of drug-likeness (QED) is 0.750. The Morgan fingerprint density at radius 2 is 2.17 bits per heavy atom. The minimum absolute atomic E-state index is 0.0930. The lowest BCUT2D eigenvalue weighted by molar-refractivity contribution is 0.218.